The van der Waals surface area contributed by atoms with Crippen LogP contribution in [-0.2, 0) is 0 Å². The molecule has 3 rings (SSSR count). The minimum absolute atomic E-state index is 0.868. The Kier molecular flexibility index (Phi) is 4.04. The van der Waals surface area contributed by atoms with E-state index in [1.807, 2.05) is 31.2 Å². The summed E-state index contributed by atoms with van der Waals surface area (Å²) >= 11 is 0. The highest BCUT2D eigenvalue weighted by Crippen LogP contribution is 2.24. The molecular formula is C17H22N4. The summed E-state index contributed by atoms with van der Waals surface area (Å²) < 4.78 is 0. The highest BCUT2D eigenvalue weighted by atomic mass is 15.3. The third-order valence-electron chi connectivity index (χ3n) is 3.95. The number of para-hydroxylation sites is 1. The number of hydrogen-bond acceptors (Lipinski definition) is 4. The van der Waals surface area contributed by atoms with Gasteiger partial charge in [0.1, 0.15) is 5.82 Å². The Hall–Kier alpha value is -2.10. The van der Waals surface area contributed by atoms with Crippen molar-refractivity contribution in [2.24, 2.45) is 0 Å². The van der Waals surface area contributed by atoms with Crippen molar-refractivity contribution in [3.8, 4) is 0 Å². The van der Waals surface area contributed by atoms with E-state index in [9.17, 15) is 0 Å². The van der Waals surface area contributed by atoms with Gasteiger partial charge < -0.3 is 9.80 Å². The highest BCUT2D eigenvalue weighted by Gasteiger charge is 2.16. The second-order valence-electron chi connectivity index (χ2n) is 5.61. The molecule has 0 aliphatic carbocycles. The second kappa shape index (κ2) is 6.12. The molecule has 0 bridgehead atoms. The molecule has 1 aromatic carbocycles. The maximum atomic E-state index is 4.77. The molecule has 0 spiro atoms. The van der Waals surface area contributed by atoms with Crippen molar-refractivity contribution in [1.82, 2.24) is 9.97 Å². The number of rotatable bonds is 3. The minimum atomic E-state index is 0.868. The molecule has 2 aromatic rings. The number of aryl methyl sites for hydroxylation is 1. The van der Waals surface area contributed by atoms with Gasteiger partial charge >= 0.3 is 0 Å². The molecule has 4 nitrogen and oxygen atoms in total. The summed E-state index contributed by atoms with van der Waals surface area (Å²) in [5, 5.41) is 0. The fourth-order valence-corrected chi connectivity index (χ4v) is 2.73. The van der Waals surface area contributed by atoms with Crippen LogP contribution in [0.15, 0.2) is 36.4 Å². The van der Waals surface area contributed by atoms with Crippen LogP contribution in [-0.4, -0.2) is 30.1 Å². The highest BCUT2D eigenvalue weighted by molar-refractivity contribution is 5.60. The first-order chi connectivity index (χ1) is 10.2. The molecule has 1 aliphatic heterocycles. The average Bonchev–Trinajstić information content (AvgIpc) is 2.55. The second-order valence-corrected chi connectivity index (χ2v) is 5.61. The summed E-state index contributed by atoms with van der Waals surface area (Å²) in [5.74, 6) is 1.82. The predicted octanol–water partition coefficient (Wildman–Crippen LogP) is 3.54. The number of aromatic nitrogens is 2. The first kappa shape index (κ1) is 13.9. The Bertz CT molecular complexity index is 591. The Morgan fingerprint density at radius 1 is 1.00 bits per heavy atom. The Labute approximate surface area is 126 Å². The average molecular weight is 282 g/mol. The van der Waals surface area contributed by atoms with E-state index >= 15 is 0 Å². The monoisotopic (exact) mass is 282 g/mol. The van der Waals surface area contributed by atoms with Gasteiger partial charge in [0.15, 0.2) is 0 Å². The summed E-state index contributed by atoms with van der Waals surface area (Å²) in [5.41, 5.74) is 2.16. The lowest BCUT2D eigenvalue weighted by Gasteiger charge is -2.28. The van der Waals surface area contributed by atoms with Crippen molar-refractivity contribution in [2.75, 3.05) is 29.9 Å². The van der Waals surface area contributed by atoms with E-state index < -0.39 is 0 Å². The fourth-order valence-electron chi connectivity index (χ4n) is 2.73. The zero-order valence-corrected chi connectivity index (χ0v) is 12.8. The van der Waals surface area contributed by atoms with Crippen LogP contribution in [0.1, 0.15) is 25.0 Å². The molecule has 1 aromatic heterocycles. The van der Waals surface area contributed by atoms with E-state index in [2.05, 4.69) is 34.0 Å². The lowest BCUT2D eigenvalue weighted by molar-refractivity contribution is 0.567. The quantitative estimate of drug-likeness (QED) is 0.862. The van der Waals surface area contributed by atoms with Crippen LogP contribution in [0.3, 0.4) is 0 Å². The standard InChI is InChI=1S/C17H22N4/c1-14-13-16(20(2)15-9-5-3-6-10-15)19-17(18-14)21-11-7-4-8-12-21/h3,5-6,9-10,13H,4,7-8,11-12H2,1-2H3. The van der Waals surface area contributed by atoms with Crippen molar-refractivity contribution in [3.05, 3.63) is 42.1 Å². The lowest BCUT2D eigenvalue weighted by Crippen LogP contribution is -2.31. The minimum Gasteiger partial charge on any atom is -0.341 e. The number of piperidine rings is 1. The third-order valence-corrected chi connectivity index (χ3v) is 3.95. The molecule has 0 radical (unpaired) electrons. The summed E-state index contributed by atoms with van der Waals surface area (Å²) in [4.78, 5) is 13.8. The van der Waals surface area contributed by atoms with Crippen molar-refractivity contribution >= 4 is 17.5 Å². The molecule has 1 saturated heterocycles. The molecule has 1 fully saturated rings. The molecule has 21 heavy (non-hydrogen) atoms. The topological polar surface area (TPSA) is 32.3 Å². The molecule has 0 unspecified atom stereocenters. The summed E-state index contributed by atoms with van der Waals surface area (Å²) in [6, 6.07) is 12.4. The number of nitrogens with zero attached hydrogens (tertiary/aromatic N) is 4. The van der Waals surface area contributed by atoms with Gasteiger partial charge in [-0.15, -0.1) is 0 Å². The van der Waals surface area contributed by atoms with Crippen LogP contribution < -0.4 is 9.80 Å². The van der Waals surface area contributed by atoms with Crippen LogP contribution in [0.25, 0.3) is 0 Å². The summed E-state index contributed by atoms with van der Waals surface area (Å²) in [6.45, 7) is 4.17. The molecule has 4 heteroatoms. The SMILES string of the molecule is Cc1cc(N(C)c2ccccc2)nc(N2CCCCC2)n1. The van der Waals surface area contributed by atoms with E-state index in [4.69, 9.17) is 4.98 Å². The van der Waals surface area contributed by atoms with Gasteiger partial charge in [-0.1, -0.05) is 18.2 Å². The van der Waals surface area contributed by atoms with Gasteiger partial charge in [0.2, 0.25) is 5.95 Å². The molecule has 0 N–H and O–H groups in total. The molecular weight excluding hydrogens is 260 g/mol. The molecule has 0 atom stereocenters. The van der Waals surface area contributed by atoms with E-state index in [-0.39, 0.29) is 0 Å². The van der Waals surface area contributed by atoms with Gasteiger partial charge in [0.05, 0.1) is 0 Å². The maximum Gasteiger partial charge on any atom is 0.227 e. The van der Waals surface area contributed by atoms with Crippen molar-refractivity contribution in [2.45, 2.75) is 26.2 Å². The predicted molar refractivity (Wildman–Crippen MR) is 87.3 cm³/mol. The molecule has 2 heterocycles. The van der Waals surface area contributed by atoms with Crippen LogP contribution in [0.4, 0.5) is 17.5 Å². The van der Waals surface area contributed by atoms with Crippen molar-refractivity contribution in [1.29, 1.82) is 0 Å². The molecule has 110 valence electrons. The molecule has 0 amide bonds. The first-order valence-corrected chi connectivity index (χ1v) is 7.63. The van der Waals surface area contributed by atoms with Gasteiger partial charge in [-0.05, 0) is 38.3 Å². The van der Waals surface area contributed by atoms with Gasteiger partial charge in [-0.25, -0.2) is 4.98 Å². The van der Waals surface area contributed by atoms with E-state index in [1.165, 1.54) is 19.3 Å². The zero-order chi connectivity index (χ0) is 14.7. The van der Waals surface area contributed by atoms with E-state index in [0.29, 0.717) is 0 Å². The third kappa shape index (κ3) is 3.15. The lowest BCUT2D eigenvalue weighted by atomic mass is 10.1. The largest absolute Gasteiger partial charge is 0.341 e. The van der Waals surface area contributed by atoms with Crippen molar-refractivity contribution in [3.63, 3.8) is 0 Å². The number of benzene rings is 1. The van der Waals surface area contributed by atoms with E-state index in [1.54, 1.807) is 0 Å². The van der Waals surface area contributed by atoms with Crippen molar-refractivity contribution < 1.29 is 0 Å². The van der Waals surface area contributed by atoms with Crippen LogP contribution >= 0.6 is 0 Å². The zero-order valence-electron chi connectivity index (χ0n) is 12.8. The number of hydrogen-bond donors (Lipinski definition) is 0. The summed E-state index contributed by atoms with van der Waals surface area (Å²) in [7, 11) is 2.05. The van der Waals surface area contributed by atoms with Gasteiger partial charge in [0.25, 0.3) is 0 Å². The fraction of sp³-hybridized carbons (Fsp3) is 0.412. The Morgan fingerprint density at radius 3 is 2.43 bits per heavy atom. The van der Waals surface area contributed by atoms with Gasteiger partial charge in [-0.3, -0.25) is 0 Å². The normalized spacial score (nSPS) is 15.0. The van der Waals surface area contributed by atoms with Crippen LogP contribution in [0.5, 0.6) is 0 Å². The smallest absolute Gasteiger partial charge is 0.227 e. The summed E-state index contributed by atoms with van der Waals surface area (Å²) in [6.07, 6.45) is 3.79. The Balaban J connectivity index is 1.90. The van der Waals surface area contributed by atoms with Crippen LogP contribution in [0, 0.1) is 6.92 Å². The molecule has 0 saturated carbocycles. The van der Waals surface area contributed by atoms with Gasteiger partial charge in [0, 0.05) is 37.6 Å². The Morgan fingerprint density at radius 2 is 1.71 bits per heavy atom. The maximum absolute atomic E-state index is 4.77. The number of anilines is 3. The first-order valence-electron chi connectivity index (χ1n) is 7.63. The van der Waals surface area contributed by atoms with Crippen LogP contribution in [0.2, 0.25) is 0 Å². The van der Waals surface area contributed by atoms with E-state index in [0.717, 1.165) is 36.2 Å². The van der Waals surface area contributed by atoms with Gasteiger partial charge in [-0.2, -0.15) is 4.98 Å². The molecule has 1 aliphatic rings.